The number of hydrogen-bond acceptors (Lipinski definition) is 4. The summed E-state index contributed by atoms with van der Waals surface area (Å²) in [6, 6.07) is 0. The lowest BCUT2D eigenvalue weighted by Crippen LogP contribution is -2.58. The molecule has 0 saturated carbocycles. The molecule has 0 aliphatic carbocycles. The van der Waals surface area contributed by atoms with Gasteiger partial charge in [-0.3, -0.25) is 10.6 Å². The zero-order valence-electron chi connectivity index (χ0n) is 7.80. The van der Waals surface area contributed by atoms with Crippen molar-refractivity contribution in [3.05, 3.63) is 12.3 Å². The van der Waals surface area contributed by atoms with E-state index < -0.39 is 0 Å². The van der Waals surface area contributed by atoms with Crippen LogP contribution in [0.2, 0.25) is 0 Å². The molecule has 1 aliphatic heterocycles. The second kappa shape index (κ2) is 3.89. The highest BCUT2D eigenvalue weighted by molar-refractivity contribution is 4.91. The summed E-state index contributed by atoms with van der Waals surface area (Å²) in [6.07, 6.45) is 1.32. The van der Waals surface area contributed by atoms with Gasteiger partial charge in [-0.25, -0.2) is 0 Å². The number of hydrogen-bond donors (Lipinski definition) is 3. The van der Waals surface area contributed by atoms with Crippen molar-refractivity contribution in [3.63, 3.8) is 0 Å². The lowest BCUT2D eigenvalue weighted by atomic mass is 10.2. The fourth-order valence-corrected chi connectivity index (χ4v) is 1.28. The van der Waals surface area contributed by atoms with E-state index in [1.165, 1.54) is 0 Å². The molecule has 0 amide bonds. The minimum atomic E-state index is 0.0954. The molecule has 0 aromatic heterocycles. The lowest BCUT2D eigenvalue weighted by molar-refractivity contribution is 0.181. The van der Waals surface area contributed by atoms with E-state index in [0.29, 0.717) is 6.17 Å². The third kappa shape index (κ3) is 2.20. The number of nitrogens with two attached hydrogens (primary N) is 1. The van der Waals surface area contributed by atoms with Gasteiger partial charge in [-0.2, -0.15) is 0 Å². The molecular formula is C8H18N4. The van der Waals surface area contributed by atoms with E-state index in [1.807, 2.05) is 14.0 Å². The van der Waals surface area contributed by atoms with Gasteiger partial charge in [-0.15, -0.1) is 0 Å². The van der Waals surface area contributed by atoms with Crippen molar-refractivity contribution in [3.8, 4) is 0 Å². The van der Waals surface area contributed by atoms with Crippen molar-refractivity contribution in [2.24, 2.45) is 5.73 Å². The number of nitrogens with zero attached hydrogens (tertiary/aromatic N) is 1. The third-order valence-electron chi connectivity index (χ3n) is 2.25. The summed E-state index contributed by atoms with van der Waals surface area (Å²) >= 11 is 0. The molecule has 70 valence electrons. The lowest BCUT2D eigenvalue weighted by Gasteiger charge is -2.36. The second-order valence-corrected chi connectivity index (χ2v) is 3.29. The predicted molar refractivity (Wildman–Crippen MR) is 50.1 cm³/mol. The van der Waals surface area contributed by atoms with Crippen LogP contribution in [0.15, 0.2) is 12.3 Å². The van der Waals surface area contributed by atoms with Crippen LogP contribution in [0.1, 0.15) is 13.3 Å². The van der Waals surface area contributed by atoms with Crippen molar-refractivity contribution in [1.82, 2.24) is 15.5 Å². The smallest absolute Gasteiger partial charge is 0.0826 e. The fraction of sp³-hybridized carbons (Fsp3) is 0.750. The minimum Gasteiger partial charge on any atom is -0.363 e. The van der Waals surface area contributed by atoms with Crippen LogP contribution in [0, 0.1) is 0 Å². The summed E-state index contributed by atoms with van der Waals surface area (Å²) in [5.74, 6) is 0. The largest absolute Gasteiger partial charge is 0.363 e. The minimum absolute atomic E-state index is 0.0954. The van der Waals surface area contributed by atoms with Crippen LogP contribution in [-0.4, -0.2) is 30.9 Å². The van der Waals surface area contributed by atoms with E-state index in [-0.39, 0.29) is 6.17 Å². The maximum Gasteiger partial charge on any atom is 0.0826 e. The highest BCUT2D eigenvalue weighted by Crippen LogP contribution is 2.07. The Morgan fingerprint density at radius 3 is 2.75 bits per heavy atom. The highest BCUT2D eigenvalue weighted by atomic mass is 15.3. The molecule has 4 heteroatoms. The van der Waals surface area contributed by atoms with Gasteiger partial charge in [0.15, 0.2) is 0 Å². The molecule has 4 nitrogen and oxygen atoms in total. The van der Waals surface area contributed by atoms with Crippen molar-refractivity contribution < 1.29 is 0 Å². The quantitative estimate of drug-likeness (QED) is 0.528. The van der Waals surface area contributed by atoms with Gasteiger partial charge in [-0.05, 0) is 6.92 Å². The number of allylic oxidation sites excluding steroid dienone is 1. The van der Waals surface area contributed by atoms with Crippen LogP contribution in [0.4, 0.5) is 0 Å². The first kappa shape index (κ1) is 9.51. The van der Waals surface area contributed by atoms with E-state index in [4.69, 9.17) is 5.73 Å². The van der Waals surface area contributed by atoms with Crippen molar-refractivity contribution >= 4 is 0 Å². The van der Waals surface area contributed by atoms with E-state index in [0.717, 1.165) is 18.8 Å². The van der Waals surface area contributed by atoms with E-state index in [9.17, 15) is 0 Å². The van der Waals surface area contributed by atoms with Crippen LogP contribution < -0.4 is 16.4 Å². The molecule has 1 fully saturated rings. The molecule has 2 atom stereocenters. The molecule has 1 aliphatic rings. The van der Waals surface area contributed by atoms with Gasteiger partial charge in [0, 0.05) is 25.8 Å². The molecular weight excluding hydrogens is 152 g/mol. The molecule has 12 heavy (non-hydrogen) atoms. The topological polar surface area (TPSA) is 53.3 Å². The summed E-state index contributed by atoms with van der Waals surface area (Å²) in [6.45, 7) is 6.64. The van der Waals surface area contributed by atoms with Crippen molar-refractivity contribution in [2.75, 3.05) is 13.7 Å². The Morgan fingerprint density at radius 1 is 1.58 bits per heavy atom. The number of nitrogens with one attached hydrogen (secondary N) is 2. The third-order valence-corrected chi connectivity index (χ3v) is 2.25. The molecule has 1 heterocycles. The zero-order valence-corrected chi connectivity index (χ0v) is 7.80. The summed E-state index contributed by atoms with van der Waals surface area (Å²) < 4.78 is 0. The van der Waals surface area contributed by atoms with Gasteiger partial charge in [0.05, 0.1) is 12.3 Å². The first-order chi connectivity index (χ1) is 5.61. The molecule has 0 spiro atoms. The maximum atomic E-state index is 5.76. The first-order valence-corrected chi connectivity index (χ1v) is 4.22. The highest BCUT2D eigenvalue weighted by Gasteiger charge is 2.20. The molecule has 1 rings (SSSR count). The Balaban J connectivity index is 2.45. The Bertz CT molecular complexity index is 168. The van der Waals surface area contributed by atoms with Gasteiger partial charge in [0.25, 0.3) is 0 Å². The number of rotatable bonds is 2. The summed E-state index contributed by atoms with van der Waals surface area (Å²) in [7, 11) is 2.03. The molecule has 0 aromatic rings. The second-order valence-electron chi connectivity index (χ2n) is 3.29. The van der Waals surface area contributed by atoms with Crippen LogP contribution in [0.25, 0.3) is 0 Å². The average molecular weight is 170 g/mol. The molecule has 0 aromatic carbocycles. The molecule has 4 N–H and O–H groups in total. The van der Waals surface area contributed by atoms with Crippen molar-refractivity contribution in [1.29, 1.82) is 0 Å². The van der Waals surface area contributed by atoms with Crippen LogP contribution in [0.3, 0.4) is 0 Å². The van der Waals surface area contributed by atoms with Crippen LogP contribution in [0.5, 0.6) is 0 Å². The standard InChI is InChI=1S/C8H18N4/c1-6(2)12(3)8-4-7(9)10-5-11-8/h7-8,10-11H,1,4-5,9H2,2-3H3. The Kier molecular flexibility index (Phi) is 3.08. The van der Waals surface area contributed by atoms with Gasteiger partial charge in [0.1, 0.15) is 0 Å². The zero-order chi connectivity index (χ0) is 9.14. The van der Waals surface area contributed by atoms with Gasteiger partial charge in [0.2, 0.25) is 0 Å². The summed E-state index contributed by atoms with van der Waals surface area (Å²) in [5.41, 5.74) is 6.81. The van der Waals surface area contributed by atoms with Crippen LogP contribution >= 0.6 is 0 Å². The van der Waals surface area contributed by atoms with E-state index in [2.05, 4.69) is 22.1 Å². The molecule has 0 radical (unpaired) electrons. The SMILES string of the molecule is C=C(C)N(C)C1CC(N)NCN1. The summed E-state index contributed by atoms with van der Waals surface area (Å²) in [5, 5.41) is 6.42. The van der Waals surface area contributed by atoms with Crippen LogP contribution in [-0.2, 0) is 0 Å². The fourth-order valence-electron chi connectivity index (χ4n) is 1.28. The van der Waals surface area contributed by atoms with E-state index in [1.54, 1.807) is 0 Å². The maximum absolute atomic E-state index is 5.76. The molecule has 0 bridgehead atoms. The monoisotopic (exact) mass is 170 g/mol. The van der Waals surface area contributed by atoms with Gasteiger partial charge in [-0.1, -0.05) is 6.58 Å². The Morgan fingerprint density at radius 2 is 2.25 bits per heavy atom. The first-order valence-electron chi connectivity index (χ1n) is 4.22. The summed E-state index contributed by atoms with van der Waals surface area (Å²) in [4.78, 5) is 2.11. The van der Waals surface area contributed by atoms with Crippen molar-refractivity contribution in [2.45, 2.75) is 25.7 Å². The van der Waals surface area contributed by atoms with E-state index >= 15 is 0 Å². The van der Waals surface area contributed by atoms with Gasteiger partial charge < -0.3 is 10.6 Å². The molecule has 2 unspecified atom stereocenters. The normalized spacial score (nSPS) is 29.9. The Hall–Kier alpha value is -0.580. The van der Waals surface area contributed by atoms with Gasteiger partial charge >= 0.3 is 0 Å². The average Bonchev–Trinajstić information content (AvgIpc) is 2.03. The molecule has 1 saturated heterocycles. The Labute approximate surface area is 73.8 Å². The predicted octanol–water partition coefficient (Wildman–Crippen LogP) is -0.397.